The van der Waals surface area contributed by atoms with Gasteiger partial charge in [0.15, 0.2) is 0 Å². The van der Waals surface area contributed by atoms with Crippen molar-refractivity contribution in [3.05, 3.63) is 144 Å². The Balaban J connectivity index is 1.39. The van der Waals surface area contributed by atoms with Crippen molar-refractivity contribution in [2.24, 2.45) is 34.8 Å². The summed E-state index contributed by atoms with van der Waals surface area (Å²) in [5, 5.41) is 20.8. The molecule has 26 heteroatoms. The average Bonchev–Trinajstić information content (AvgIpc) is 1.84. The summed E-state index contributed by atoms with van der Waals surface area (Å²) in [6.07, 6.45) is 0.165. The van der Waals surface area contributed by atoms with Crippen LogP contribution in [0, 0.1) is 11.8 Å². The van der Waals surface area contributed by atoms with Gasteiger partial charge in [0.25, 0.3) is 0 Å². The van der Waals surface area contributed by atoms with E-state index in [1.807, 2.05) is 44.2 Å². The SMILES string of the molecule is CC(C)C[C@H](NC(=O)[C@H](CCCCN)NC(=O)[C@@H](NC(=O)[C@H](Cc1ccccc1)NC(=O)[C@H](CCC(N)=O)NC(=O)[C@H](CC(N)=O)NC(=O)[C@@H](Cc1ccccc1)NC(=O)[C@H](Cc1ccccc1)NC(=O)[C@@H]1CCCN1C(=O)[C@H](N)Cc1ccccc1)C(C)C)C(=O)S. The molecule has 4 aromatic carbocycles. The van der Waals surface area contributed by atoms with Gasteiger partial charge in [0.1, 0.15) is 48.3 Å². The van der Waals surface area contributed by atoms with Gasteiger partial charge in [-0.25, -0.2) is 0 Å². The van der Waals surface area contributed by atoms with Crippen LogP contribution in [0.5, 0.6) is 0 Å². The third kappa shape index (κ3) is 25.2. The number of benzene rings is 4. The fourth-order valence-electron chi connectivity index (χ4n) is 10.7. The van der Waals surface area contributed by atoms with Gasteiger partial charge < -0.3 is 70.4 Å². The van der Waals surface area contributed by atoms with E-state index in [0.29, 0.717) is 42.5 Å². The molecule has 1 saturated heterocycles. The van der Waals surface area contributed by atoms with E-state index in [0.717, 1.165) is 5.56 Å². The number of nitrogens with one attached hydrogen (secondary N) is 8. The van der Waals surface area contributed by atoms with Crippen molar-refractivity contribution in [2.45, 2.75) is 172 Å². The standard InChI is InChI=1S/C67H91N13O12S/c1-40(2)34-53(67(92)93)78-58(83)47(28-17-18-32-68)73-65(90)57(41(3)4)79-63(88)51(38-45-26-15-8-16-27-45)74-59(84)48(30-31-55(70)81)72-62(87)52(39-56(71)82)76-60(85)49(36-43-22-11-6-12-23-43)75-61(86)50(37-44-24-13-7-14-25-44)77-64(89)54-29-19-33-80(54)66(91)46(69)35-42-20-9-5-10-21-42/h5-16,20-27,40-41,46-54,57H,17-19,28-39,68-69H2,1-4H3,(H2,70,81)(H2,71,82)(H,72,87)(H,73,90)(H,74,84)(H,75,86)(H,76,85)(H,77,89)(H,78,83)(H,79,88)(H,92,93)/t46-,47+,48+,49-,50+,51+,52+,53+,54+,57+/m1/s1. The molecular weight excluding hydrogens is 1210 g/mol. The Kier molecular flexibility index (Phi) is 30.6. The van der Waals surface area contributed by atoms with Crippen LogP contribution in [0.15, 0.2) is 121 Å². The molecule has 502 valence electrons. The van der Waals surface area contributed by atoms with Crippen molar-refractivity contribution in [2.75, 3.05) is 13.1 Å². The maximum Gasteiger partial charge on any atom is 0.243 e. The lowest BCUT2D eigenvalue weighted by Crippen LogP contribution is -2.61. The number of primary amides is 2. The second-order valence-corrected chi connectivity index (χ2v) is 24.6. The summed E-state index contributed by atoms with van der Waals surface area (Å²) < 4.78 is 0. The van der Waals surface area contributed by atoms with Crippen LogP contribution in [0.1, 0.15) is 108 Å². The van der Waals surface area contributed by atoms with Crippen LogP contribution in [0.4, 0.5) is 0 Å². The molecule has 0 radical (unpaired) electrons. The Morgan fingerprint density at radius 1 is 0.484 bits per heavy atom. The normalized spacial score (nSPS) is 15.7. The zero-order valence-corrected chi connectivity index (χ0v) is 54.1. The van der Waals surface area contributed by atoms with Gasteiger partial charge in [-0.1, -0.05) is 149 Å². The molecule has 0 saturated carbocycles. The molecule has 0 unspecified atom stereocenters. The third-order valence-corrected chi connectivity index (χ3v) is 16.0. The van der Waals surface area contributed by atoms with E-state index in [1.165, 1.54) is 4.90 Å². The highest BCUT2D eigenvalue weighted by Crippen LogP contribution is 2.21. The first-order valence-electron chi connectivity index (χ1n) is 31.5. The number of thiol groups is 1. The Hall–Kier alpha value is -9.01. The zero-order valence-electron chi connectivity index (χ0n) is 53.2. The highest BCUT2D eigenvalue weighted by molar-refractivity contribution is 7.96. The van der Waals surface area contributed by atoms with E-state index >= 15 is 0 Å². The molecule has 0 bridgehead atoms. The van der Waals surface area contributed by atoms with E-state index in [1.54, 1.807) is 105 Å². The molecule has 11 amide bonds. The van der Waals surface area contributed by atoms with Crippen molar-refractivity contribution < 1.29 is 57.5 Å². The quantitative estimate of drug-likeness (QED) is 0.0216. The molecule has 1 aliphatic heterocycles. The number of likely N-dealkylation sites (tertiary alicyclic amines) is 1. The predicted octanol–water partition coefficient (Wildman–Crippen LogP) is 0.582. The smallest absolute Gasteiger partial charge is 0.243 e. The first-order valence-corrected chi connectivity index (χ1v) is 31.9. The second kappa shape index (κ2) is 38.1. The minimum absolute atomic E-state index is 0.0117. The van der Waals surface area contributed by atoms with Crippen LogP contribution >= 0.6 is 12.6 Å². The van der Waals surface area contributed by atoms with E-state index in [2.05, 4.69) is 55.2 Å². The first kappa shape index (κ1) is 74.7. The molecule has 5 rings (SSSR count). The fraction of sp³-hybridized carbons (Fsp3) is 0.463. The lowest BCUT2D eigenvalue weighted by atomic mass is 9.99. The molecule has 0 aliphatic carbocycles. The molecule has 0 spiro atoms. The molecule has 1 aliphatic rings. The topological polar surface area (TPSA) is 408 Å². The third-order valence-electron chi connectivity index (χ3n) is 15.7. The van der Waals surface area contributed by atoms with Crippen LogP contribution < -0.4 is 65.5 Å². The van der Waals surface area contributed by atoms with E-state index < -0.39 is 156 Å². The van der Waals surface area contributed by atoms with E-state index in [-0.39, 0.29) is 57.4 Å². The van der Waals surface area contributed by atoms with Crippen molar-refractivity contribution in [1.29, 1.82) is 0 Å². The zero-order chi connectivity index (χ0) is 68.1. The van der Waals surface area contributed by atoms with Gasteiger partial charge in [-0.15, -0.1) is 12.6 Å². The molecule has 25 nitrogen and oxygen atoms in total. The van der Waals surface area contributed by atoms with Crippen LogP contribution in [-0.2, 0) is 83.2 Å². The number of nitrogens with zero attached hydrogens (tertiary/aromatic N) is 1. The second-order valence-electron chi connectivity index (χ2n) is 24.1. The minimum Gasteiger partial charge on any atom is -0.370 e. The Bertz CT molecular complexity index is 3170. The van der Waals surface area contributed by atoms with Gasteiger partial charge in [0, 0.05) is 32.2 Å². The van der Waals surface area contributed by atoms with Crippen molar-refractivity contribution in [3.63, 3.8) is 0 Å². The number of hydrogen-bond acceptors (Lipinski definition) is 14. The lowest BCUT2D eigenvalue weighted by molar-refractivity contribution is -0.140. The Labute approximate surface area is 548 Å². The number of carbonyl (C=O) groups excluding carboxylic acids is 12. The van der Waals surface area contributed by atoms with Gasteiger partial charge in [0.2, 0.25) is 70.1 Å². The lowest BCUT2D eigenvalue weighted by Gasteiger charge is -2.29. The first-order chi connectivity index (χ1) is 44.3. The van der Waals surface area contributed by atoms with Crippen LogP contribution in [0.25, 0.3) is 0 Å². The molecule has 10 atom stereocenters. The molecule has 93 heavy (non-hydrogen) atoms. The predicted molar refractivity (Wildman–Crippen MR) is 352 cm³/mol. The van der Waals surface area contributed by atoms with Gasteiger partial charge in [-0.3, -0.25) is 57.5 Å². The molecule has 1 fully saturated rings. The fourth-order valence-corrected chi connectivity index (χ4v) is 10.9. The molecule has 0 aromatic heterocycles. The summed E-state index contributed by atoms with van der Waals surface area (Å²) >= 11 is 3.96. The van der Waals surface area contributed by atoms with E-state index in [9.17, 15) is 57.5 Å². The van der Waals surface area contributed by atoms with Crippen molar-refractivity contribution >= 4 is 82.7 Å². The average molecular weight is 1300 g/mol. The van der Waals surface area contributed by atoms with Gasteiger partial charge in [-0.2, -0.15) is 0 Å². The summed E-state index contributed by atoms with van der Waals surface area (Å²) in [7, 11) is 0. The van der Waals surface area contributed by atoms with Crippen molar-refractivity contribution in [1.82, 2.24) is 47.4 Å². The number of hydrogen-bond donors (Lipinski definition) is 13. The largest absolute Gasteiger partial charge is 0.370 e. The number of rotatable bonds is 38. The highest BCUT2D eigenvalue weighted by atomic mass is 32.1. The minimum atomic E-state index is -1.83. The van der Waals surface area contributed by atoms with Gasteiger partial charge >= 0.3 is 0 Å². The van der Waals surface area contributed by atoms with Crippen LogP contribution in [0.3, 0.4) is 0 Å². The van der Waals surface area contributed by atoms with Gasteiger partial charge in [0.05, 0.1) is 18.5 Å². The molecule has 16 N–H and O–H groups in total. The molecule has 1 heterocycles. The van der Waals surface area contributed by atoms with Crippen LogP contribution in [-0.4, -0.2) is 149 Å². The summed E-state index contributed by atoms with van der Waals surface area (Å²) in [5.41, 5.74) is 25.9. The summed E-state index contributed by atoms with van der Waals surface area (Å²) in [5.74, 6) is -9.87. The maximum atomic E-state index is 14.7. The Morgan fingerprint density at radius 3 is 1.32 bits per heavy atom. The summed E-state index contributed by atoms with van der Waals surface area (Å²) in [6, 6.07) is 21.8. The Morgan fingerprint density at radius 2 is 0.882 bits per heavy atom. The summed E-state index contributed by atoms with van der Waals surface area (Å²) in [6.45, 7) is 7.60. The molecular formula is C67H91N13O12S. The van der Waals surface area contributed by atoms with Gasteiger partial charge in [-0.05, 0) is 92.0 Å². The highest BCUT2D eigenvalue weighted by Gasteiger charge is 2.40. The number of unbranched alkanes of at least 4 members (excludes halogenated alkanes) is 1. The summed E-state index contributed by atoms with van der Waals surface area (Å²) in [4.78, 5) is 168. The molecule has 4 aromatic rings. The monoisotopic (exact) mass is 1300 g/mol. The van der Waals surface area contributed by atoms with Crippen molar-refractivity contribution in [3.8, 4) is 0 Å². The number of nitrogens with two attached hydrogens (primary N) is 4. The number of amides is 11. The van der Waals surface area contributed by atoms with E-state index in [4.69, 9.17) is 22.9 Å². The van der Waals surface area contributed by atoms with Crippen LogP contribution in [0.2, 0.25) is 0 Å². The number of carbonyl (C=O) groups is 12. The maximum absolute atomic E-state index is 14.7.